The Morgan fingerprint density at radius 2 is 2.14 bits per heavy atom. The molecule has 1 aromatic rings. The van der Waals surface area contributed by atoms with E-state index in [-0.39, 0.29) is 0 Å². The van der Waals surface area contributed by atoms with Gasteiger partial charge in [-0.15, -0.1) is 0 Å². The van der Waals surface area contributed by atoms with Crippen LogP contribution in [0.15, 0.2) is 6.20 Å². The van der Waals surface area contributed by atoms with Gasteiger partial charge in [-0.2, -0.15) is 0 Å². The van der Waals surface area contributed by atoms with Crippen LogP contribution in [-0.4, -0.2) is 9.91 Å². The molecular weight excluding hydrogens is 225 g/mol. The highest BCUT2D eigenvalue weighted by molar-refractivity contribution is 6.31. The number of rotatable bonds is 2. The molecule has 0 radical (unpaired) electrons. The highest BCUT2D eigenvalue weighted by Gasteiger charge is 2.30. The van der Waals surface area contributed by atoms with Gasteiger partial charge in [-0.05, 0) is 0 Å². The summed E-state index contributed by atoms with van der Waals surface area (Å²) in [7, 11) is 0. The molecule has 0 aliphatic carbocycles. The summed E-state index contributed by atoms with van der Waals surface area (Å²) in [5.41, 5.74) is -2.53. The smallest absolute Gasteiger partial charge is 0.258 e. The molecule has 0 fully saturated rings. The van der Waals surface area contributed by atoms with Crippen molar-refractivity contribution in [1.82, 2.24) is 4.98 Å². The maximum absolute atomic E-state index is 12.7. The van der Waals surface area contributed by atoms with Gasteiger partial charge >= 0.3 is 5.69 Å². The van der Waals surface area contributed by atoms with Crippen molar-refractivity contribution in [2.45, 2.75) is 6.43 Å². The minimum Gasteiger partial charge on any atom is -0.258 e. The monoisotopic (exact) mass is 226 g/mol. The zero-order valence-corrected chi connectivity index (χ0v) is 7.13. The number of alkyl halides is 2. The molecule has 0 saturated heterocycles. The zero-order valence-electron chi connectivity index (χ0n) is 6.38. The fraction of sp³-hybridized carbons (Fsp3) is 0.167. The first-order valence-corrected chi connectivity index (χ1v) is 3.59. The first-order valence-electron chi connectivity index (χ1n) is 3.21. The molecule has 1 heterocycles. The normalized spacial score (nSPS) is 10.6. The van der Waals surface area contributed by atoms with Gasteiger partial charge in [0, 0.05) is 0 Å². The summed E-state index contributed by atoms with van der Waals surface area (Å²) in [4.78, 5) is 12.1. The van der Waals surface area contributed by atoms with Crippen LogP contribution in [0.4, 0.5) is 18.9 Å². The molecule has 0 amide bonds. The second-order valence-electron chi connectivity index (χ2n) is 2.22. The molecule has 0 atom stereocenters. The summed E-state index contributed by atoms with van der Waals surface area (Å²) in [6.07, 6.45) is -2.90. The predicted molar refractivity (Wildman–Crippen MR) is 40.8 cm³/mol. The molecule has 0 unspecified atom stereocenters. The van der Waals surface area contributed by atoms with Crippen molar-refractivity contribution in [3.63, 3.8) is 0 Å². The van der Waals surface area contributed by atoms with Crippen molar-refractivity contribution < 1.29 is 18.1 Å². The fourth-order valence-corrected chi connectivity index (χ4v) is 1.07. The van der Waals surface area contributed by atoms with Gasteiger partial charge in [-0.3, -0.25) is 10.1 Å². The molecule has 0 saturated carbocycles. The molecule has 0 aromatic carbocycles. The molecule has 0 spiro atoms. The largest absolute Gasteiger partial charge is 0.318 e. The van der Waals surface area contributed by atoms with Gasteiger partial charge in [-0.25, -0.2) is 18.2 Å². The van der Waals surface area contributed by atoms with Crippen molar-refractivity contribution in [3.05, 3.63) is 32.8 Å². The summed E-state index contributed by atoms with van der Waals surface area (Å²) in [5.74, 6) is -1.45. The van der Waals surface area contributed by atoms with Gasteiger partial charge in [0.25, 0.3) is 6.43 Å². The van der Waals surface area contributed by atoms with Crippen molar-refractivity contribution in [2.75, 3.05) is 0 Å². The van der Waals surface area contributed by atoms with E-state index in [0.717, 1.165) is 0 Å². The number of hydrogen-bond donors (Lipinski definition) is 0. The molecular formula is C6H2ClF3N2O2. The van der Waals surface area contributed by atoms with Crippen molar-refractivity contribution in [2.24, 2.45) is 0 Å². The molecule has 0 bridgehead atoms. The number of halogens is 4. The Balaban J connectivity index is 3.50. The van der Waals surface area contributed by atoms with E-state index in [9.17, 15) is 23.3 Å². The van der Waals surface area contributed by atoms with Gasteiger partial charge in [0.2, 0.25) is 5.15 Å². The Hall–Kier alpha value is -1.37. The molecule has 8 heteroatoms. The third kappa shape index (κ3) is 1.77. The van der Waals surface area contributed by atoms with Crippen molar-refractivity contribution in [1.29, 1.82) is 0 Å². The number of aromatic nitrogens is 1. The summed E-state index contributed by atoms with van der Waals surface area (Å²) in [5, 5.41) is 9.52. The Morgan fingerprint density at radius 3 is 2.50 bits per heavy atom. The molecule has 0 aliphatic heterocycles. The predicted octanol–water partition coefficient (Wildman–Crippen LogP) is 2.72. The number of nitro groups is 1. The average Bonchev–Trinajstić information content (AvgIpc) is 2.07. The topological polar surface area (TPSA) is 56.0 Å². The Labute approximate surface area is 80.5 Å². The second kappa shape index (κ2) is 3.79. The van der Waals surface area contributed by atoms with Crippen LogP contribution >= 0.6 is 11.6 Å². The van der Waals surface area contributed by atoms with E-state index in [4.69, 9.17) is 11.6 Å². The molecule has 4 nitrogen and oxygen atoms in total. The van der Waals surface area contributed by atoms with Gasteiger partial charge in [0.15, 0.2) is 5.82 Å². The second-order valence-corrected chi connectivity index (χ2v) is 2.58. The summed E-state index contributed by atoms with van der Waals surface area (Å²) < 4.78 is 37.1. The lowest BCUT2D eigenvalue weighted by atomic mass is 10.2. The molecule has 76 valence electrons. The summed E-state index contributed by atoms with van der Waals surface area (Å²) in [6, 6.07) is 0. The third-order valence-corrected chi connectivity index (χ3v) is 1.68. The number of nitrogens with zero attached hydrogens (tertiary/aromatic N) is 2. The van der Waals surface area contributed by atoms with E-state index < -0.39 is 33.6 Å². The van der Waals surface area contributed by atoms with Crippen LogP contribution in [0, 0.1) is 15.9 Å². The van der Waals surface area contributed by atoms with Crippen LogP contribution in [0.2, 0.25) is 5.15 Å². The zero-order chi connectivity index (χ0) is 10.9. The van der Waals surface area contributed by atoms with Gasteiger partial charge in [0.1, 0.15) is 5.56 Å². The fourth-order valence-electron chi connectivity index (χ4n) is 0.850. The number of pyridine rings is 1. The van der Waals surface area contributed by atoms with Crippen LogP contribution in [0.3, 0.4) is 0 Å². The van der Waals surface area contributed by atoms with Gasteiger partial charge in [-0.1, -0.05) is 11.6 Å². The maximum Gasteiger partial charge on any atom is 0.318 e. The first-order chi connectivity index (χ1) is 6.45. The highest BCUT2D eigenvalue weighted by Crippen LogP contribution is 2.34. The first kappa shape index (κ1) is 10.7. The summed E-state index contributed by atoms with van der Waals surface area (Å²) >= 11 is 5.19. The third-order valence-electron chi connectivity index (χ3n) is 1.40. The van der Waals surface area contributed by atoms with Crippen LogP contribution in [0.25, 0.3) is 0 Å². The minimum atomic E-state index is -3.31. The van der Waals surface area contributed by atoms with E-state index in [1.54, 1.807) is 0 Å². The van der Waals surface area contributed by atoms with Crippen LogP contribution in [0.5, 0.6) is 0 Å². The molecule has 14 heavy (non-hydrogen) atoms. The van der Waals surface area contributed by atoms with Crippen LogP contribution < -0.4 is 0 Å². The Bertz CT molecular complexity index is 386. The molecule has 0 aliphatic rings. The quantitative estimate of drug-likeness (QED) is 0.443. The van der Waals surface area contributed by atoms with E-state index in [0.29, 0.717) is 6.20 Å². The molecule has 1 aromatic heterocycles. The Morgan fingerprint density at radius 1 is 1.57 bits per heavy atom. The van der Waals surface area contributed by atoms with Crippen LogP contribution in [0.1, 0.15) is 12.0 Å². The lowest BCUT2D eigenvalue weighted by Gasteiger charge is -2.03. The van der Waals surface area contributed by atoms with Crippen molar-refractivity contribution in [3.8, 4) is 0 Å². The van der Waals surface area contributed by atoms with E-state index in [2.05, 4.69) is 4.98 Å². The van der Waals surface area contributed by atoms with Gasteiger partial charge in [0.05, 0.1) is 11.1 Å². The van der Waals surface area contributed by atoms with Crippen molar-refractivity contribution >= 4 is 17.3 Å². The SMILES string of the molecule is O=[N+]([O-])c1c(Cl)ncc(F)c1C(F)F. The standard InChI is InChI=1S/C6H2ClF3N2O2/c7-5-4(12(13)14)3(6(9)10)2(8)1-11-5/h1,6H. The molecule has 0 N–H and O–H groups in total. The Kier molecular flexibility index (Phi) is 2.90. The minimum absolute atomic E-state index is 0.414. The maximum atomic E-state index is 12.7. The lowest BCUT2D eigenvalue weighted by Crippen LogP contribution is -2.01. The lowest BCUT2D eigenvalue weighted by molar-refractivity contribution is -0.386. The van der Waals surface area contributed by atoms with Crippen LogP contribution in [-0.2, 0) is 0 Å². The summed E-state index contributed by atoms with van der Waals surface area (Å²) in [6.45, 7) is 0. The van der Waals surface area contributed by atoms with E-state index in [1.165, 1.54) is 0 Å². The van der Waals surface area contributed by atoms with E-state index >= 15 is 0 Å². The number of hydrogen-bond acceptors (Lipinski definition) is 3. The van der Waals surface area contributed by atoms with Gasteiger partial charge < -0.3 is 0 Å². The molecule has 1 rings (SSSR count). The van der Waals surface area contributed by atoms with E-state index in [1.807, 2.05) is 0 Å². The highest BCUT2D eigenvalue weighted by atomic mass is 35.5. The average molecular weight is 227 g/mol.